The van der Waals surface area contributed by atoms with Crippen molar-refractivity contribution in [3.63, 3.8) is 0 Å². The number of carbonyl (C=O) groups is 2. The molecule has 0 radical (unpaired) electrons. The van der Waals surface area contributed by atoms with Gasteiger partial charge in [0.15, 0.2) is 0 Å². The number of likely N-dealkylation sites (N-methyl/N-ethyl adjacent to an activating group) is 1. The lowest BCUT2D eigenvalue weighted by atomic mass is 10.1. The minimum Gasteiger partial charge on any atom is -0.366 e. The van der Waals surface area contributed by atoms with E-state index in [9.17, 15) is 9.59 Å². The van der Waals surface area contributed by atoms with Crippen LogP contribution >= 0.6 is 11.6 Å². The Morgan fingerprint density at radius 2 is 1.91 bits per heavy atom. The third-order valence-electron chi connectivity index (χ3n) is 3.22. The summed E-state index contributed by atoms with van der Waals surface area (Å²) in [6.45, 7) is 0.769. The highest BCUT2D eigenvalue weighted by Gasteiger charge is 2.12. The molecule has 2 rings (SSSR count). The number of amides is 2. The van der Waals surface area contributed by atoms with Crippen molar-refractivity contribution in [3.05, 3.63) is 64.7 Å². The Balaban J connectivity index is 1.96. The van der Waals surface area contributed by atoms with Crippen LogP contribution in [0.25, 0.3) is 0 Å². The zero-order valence-corrected chi connectivity index (χ0v) is 13.5. The number of nitrogens with zero attached hydrogens (tertiary/aromatic N) is 1. The summed E-state index contributed by atoms with van der Waals surface area (Å²) in [5, 5.41) is 3.38. The van der Waals surface area contributed by atoms with Crippen LogP contribution in [-0.4, -0.2) is 30.3 Å². The monoisotopic (exact) mass is 331 g/mol. The van der Waals surface area contributed by atoms with Crippen molar-refractivity contribution in [2.24, 2.45) is 5.73 Å². The number of nitrogens with two attached hydrogens (primary N) is 1. The molecule has 0 aliphatic rings. The van der Waals surface area contributed by atoms with Gasteiger partial charge in [-0.15, -0.1) is 0 Å². The van der Waals surface area contributed by atoms with Crippen molar-refractivity contribution < 1.29 is 9.59 Å². The number of halogens is 1. The lowest BCUT2D eigenvalue weighted by Crippen LogP contribution is -2.30. The fraction of sp³-hybridized carbons (Fsp3) is 0.176. The summed E-state index contributed by atoms with van der Waals surface area (Å²) >= 11 is 5.95. The Morgan fingerprint density at radius 3 is 2.61 bits per heavy atom. The molecule has 0 aliphatic heterocycles. The van der Waals surface area contributed by atoms with Crippen LogP contribution in [0.1, 0.15) is 15.9 Å². The summed E-state index contributed by atoms with van der Waals surface area (Å²) in [4.78, 5) is 25.3. The molecule has 23 heavy (non-hydrogen) atoms. The van der Waals surface area contributed by atoms with Gasteiger partial charge in [-0.3, -0.25) is 14.5 Å². The van der Waals surface area contributed by atoms with Crippen LogP contribution in [0.3, 0.4) is 0 Å². The molecule has 0 aromatic heterocycles. The third-order valence-corrected chi connectivity index (χ3v) is 3.46. The van der Waals surface area contributed by atoms with Crippen LogP contribution in [0.15, 0.2) is 48.5 Å². The Bertz CT molecular complexity index is 718. The van der Waals surface area contributed by atoms with Crippen LogP contribution in [-0.2, 0) is 11.3 Å². The maximum absolute atomic E-state index is 12.1. The van der Waals surface area contributed by atoms with E-state index in [1.165, 1.54) is 0 Å². The van der Waals surface area contributed by atoms with Crippen LogP contribution in [0, 0.1) is 0 Å². The smallest absolute Gasteiger partial charge is 0.250 e. The minimum absolute atomic E-state index is 0.180. The topological polar surface area (TPSA) is 75.4 Å². The Labute approximate surface area is 140 Å². The molecule has 120 valence electrons. The predicted octanol–water partition coefficient (Wildman–Crippen LogP) is 2.51. The van der Waals surface area contributed by atoms with Gasteiger partial charge in [0.1, 0.15) is 0 Å². The summed E-state index contributed by atoms with van der Waals surface area (Å²) < 4.78 is 0. The molecule has 0 saturated heterocycles. The van der Waals surface area contributed by atoms with Gasteiger partial charge in [-0.2, -0.15) is 0 Å². The summed E-state index contributed by atoms with van der Waals surface area (Å²) in [5.74, 6) is -0.795. The molecule has 0 bridgehead atoms. The van der Waals surface area contributed by atoms with Crippen molar-refractivity contribution in [1.82, 2.24) is 4.90 Å². The molecule has 0 unspecified atom stereocenters. The maximum atomic E-state index is 12.1. The number of nitrogens with one attached hydrogen (secondary N) is 1. The molecule has 2 aromatic carbocycles. The summed E-state index contributed by atoms with van der Waals surface area (Å²) in [6, 6.07) is 14.1. The van der Waals surface area contributed by atoms with Gasteiger partial charge in [-0.25, -0.2) is 0 Å². The Morgan fingerprint density at radius 1 is 1.17 bits per heavy atom. The number of carbonyl (C=O) groups excluding carboxylic acids is 2. The van der Waals surface area contributed by atoms with E-state index in [4.69, 9.17) is 17.3 Å². The van der Waals surface area contributed by atoms with Gasteiger partial charge in [-0.1, -0.05) is 35.9 Å². The first-order chi connectivity index (χ1) is 11.0. The molecule has 0 aliphatic carbocycles. The molecule has 6 heteroatoms. The molecule has 3 N–H and O–H groups in total. The fourth-order valence-corrected chi connectivity index (χ4v) is 2.46. The van der Waals surface area contributed by atoms with Crippen LogP contribution in [0.2, 0.25) is 5.02 Å². The molecular formula is C17H18ClN3O2. The van der Waals surface area contributed by atoms with E-state index in [1.54, 1.807) is 30.3 Å². The quantitative estimate of drug-likeness (QED) is 0.854. The second-order valence-corrected chi connectivity index (χ2v) is 5.70. The Hall–Kier alpha value is -2.37. The number of hydrogen-bond acceptors (Lipinski definition) is 3. The third kappa shape index (κ3) is 5.09. The lowest BCUT2D eigenvalue weighted by molar-refractivity contribution is -0.117. The van der Waals surface area contributed by atoms with Crippen molar-refractivity contribution in [1.29, 1.82) is 0 Å². The van der Waals surface area contributed by atoms with Gasteiger partial charge in [-0.05, 0) is 36.9 Å². The first-order valence-electron chi connectivity index (χ1n) is 7.07. The highest BCUT2D eigenvalue weighted by Crippen LogP contribution is 2.15. The van der Waals surface area contributed by atoms with E-state index in [-0.39, 0.29) is 12.5 Å². The van der Waals surface area contributed by atoms with E-state index < -0.39 is 5.91 Å². The van der Waals surface area contributed by atoms with E-state index >= 15 is 0 Å². The van der Waals surface area contributed by atoms with Gasteiger partial charge in [0.05, 0.1) is 17.8 Å². The van der Waals surface area contributed by atoms with E-state index in [0.717, 1.165) is 5.56 Å². The molecule has 5 nitrogen and oxygen atoms in total. The fourth-order valence-electron chi connectivity index (χ4n) is 2.24. The van der Waals surface area contributed by atoms with Gasteiger partial charge >= 0.3 is 0 Å². The molecule has 2 aromatic rings. The van der Waals surface area contributed by atoms with E-state index in [0.29, 0.717) is 22.8 Å². The zero-order valence-electron chi connectivity index (χ0n) is 12.8. The molecular weight excluding hydrogens is 314 g/mol. The van der Waals surface area contributed by atoms with Gasteiger partial charge < -0.3 is 11.1 Å². The van der Waals surface area contributed by atoms with E-state index in [2.05, 4.69) is 5.32 Å². The molecule has 2 amide bonds. The summed E-state index contributed by atoms with van der Waals surface area (Å²) in [5.41, 5.74) is 7.02. The minimum atomic E-state index is -0.576. The molecule has 0 atom stereocenters. The number of rotatable bonds is 6. The predicted molar refractivity (Wildman–Crippen MR) is 91.4 cm³/mol. The highest BCUT2D eigenvalue weighted by atomic mass is 35.5. The standard InChI is InChI=1S/C17H18ClN3O2/c1-21(10-12-5-4-6-13(18)9-12)11-16(22)20-15-8-3-2-7-14(15)17(19)23/h2-9H,10-11H2,1H3,(H2,19,23)(H,20,22). The first kappa shape index (κ1) is 17.0. The second-order valence-electron chi connectivity index (χ2n) is 5.26. The van der Waals surface area contributed by atoms with Crippen LogP contribution < -0.4 is 11.1 Å². The number of hydrogen-bond donors (Lipinski definition) is 2. The number of primary amides is 1. The maximum Gasteiger partial charge on any atom is 0.250 e. The normalized spacial score (nSPS) is 10.6. The molecule has 0 fully saturated rings. The summed E-state index contributed by atoms with van der Waals surface area (Å²) in [7, 11) is 1.83. The van der Waals surface area contributed by atoms with Gasteiger partial charge in [0, 0.05) is 11.6 Å². The van der Waals surface area contributed by atoms with Crippen molar-refractivity contribution in [3.8, 4) is 0 Å². The van der Waals surface area contributed by atoms with Crippen LogP contribution in [0.4, 0.5) is 5.69 Å². The number of anilines is 1. The van der Waals surface area contributed by atoms with E-state index in [1.807, 2.05) is 30.1 Å². The number of benzene rings is 2. The lowest BCUT2D eigenvalue weighted by Gasteiger charge is -2.17. The largest absolute Gasteiger partial charge is 0.366 e. The van der Waals surface area contributed by atoms with Crippen LogP contribution in [0.5, 0.6) is 0 Å². The van der Waals surface area contributed by atoms with Crippen molar-refractivity contribution in [2.45, 2.75) is 6.54 Å². The van der Waals surface area contributed by atoms with Crippen molar-refractivity contribution >= 4 is 29.1 Å². The molecule has 0 heterocycles. The zero-order chi connectivity index (χ0) is 16.8. The second kappa shape index (κ2) is 7.76. The first-order valence-corrected chi connectivity index (χ1v) is 7.45. The molecule has 0 saturated carbocycles. The van der Waals surface area contributed by atoms with Crippen molar-refractivity contribution in [2.75, 3.05) is 18.9 Å². The summed E-state index contributed by atoms with van der Waals surface area (Å²) in [6.07, 6.45) is 0. The molecule has 0 spiro atoms. The number of para-hydroxylation sites is 1. The van der Waals surface area contributed by atoms with Gasteiger partial charge in [0.25, 0.3) is 5.91 Å². The highest BCUT2D eigenvalue weighted by molar-refractivity contribution is 6.30. The Kier molecular flexibility index (Phi) is 5.73. The SMILES string of the molecule is CN(CC(=O)Nc1ccccc1C(N)=O)Cc1cccc(Cl)c1. The van der Waals surface area contributed by atoms with Gasteiger partial charge in [0.2, 0.25) is 5.91 Å². The average Bonchev–Trinajstić information content (AvgIpc) is 2.47. The average molecular weight is 332 g/mol.